The third-order valence-corrected chi connectivity index (χ3v) is 2.98. The van der Waals surface area contributed by atoms with E-state index in [1.54, 1.807) is 0 Å². The number of rotatable bonds is 3. The molecule has 1 aromatic rings. The van der Waals surface area contributed by atoms with Gasteiger partial charge in [0, 0.05) is 6.54 Å². The van der Waals surface area contributed by atoms with Gasteiger partial charge >= 0.3 is 0 Å². The highest BCUT2D eigenvalue weighted by molar-refractivity contribution is 5.96. The molecule has 0 spiro atoms. The van der Waals surface area contributed by atoms with Crippen molar-refractivity contribution < 1.29 is 14.3 Å². The Morgan fingerprint density at radius 2 is 2.25 bits per heavy atom. The van der Waals surface area contributed by atoms with E-state index in [1.807, 2.05) is 0 Å². The molecule has 0 atom stereocenters. The van der Waals surface area contributed by atoms with E-state index in [2.05, 4.69) is 5.32 Å². The maximum absolute atomic E-state index is 12.9. The van der Waals surface area contributed by atoms with Crippen LogP contribution in [0, 0.1) is 11.7 Å². The molecule has 4 heteroatoms. The number of phenolic OH excluding ortho intramolecular Hbond substituents is 1. The fourth-order valence-corrected chi connectivity index (χ4v) is 1.72. The monoisotopic (exact) mass is 223 g/mol. The van der Waals surface area contributed by atoms with Gasteiger partial charge in [-0.3, -0.25) is 4.79 Å². The quantitative estimate of drug-likeness (QED) is 0.824. The van der Waals surface area contributed by atoms with E-state index in [1.165, 1.54) is 12.5 Å². The van der Waals surface area contributed by atoms with E-state index in [-0.39, 0.29) is 11.3 Å². The lowest BCUT2D eigenvalue weighted by atomic mass is 9.85. The minimum atomic E-state index is -0.522. The fraction of sp³-hybridized carbons (Fsp3) is 0.417. The Labute approximate surface area is 93.3 Å². The van der Waals surface area contributed by atoms with Crippen molar-refractivity contribution in [2.45, 2.75) is 19.3 Å². The van der Waals surface area contributed by atoms with E-state index < -0.39 is 11.7 Å². The summed E-state index contributed by atoms with van der Waals surface area (Å²) < 4.78 is 12.9. The van der Waals surface area contributed by atoms with Gasteiger partial charge in [-0.25, -0.2) is 4.39 Å². The number of hydrogen-bond donors (Lipinski definition) is 2. The van der Waals surface area contributed by atoms with Crippen LogP contribution in [0.2, 0.25) is 0 Å². The van der Waals surface area contributed by atoms with Gasteiger partial charge in [-0.1, -0.05) is 6.42 Å². The average molecular weight is 223 g/mol. The molecular formula is C12H14FNO2. The van der Waals surface area contributed by atoms with Crippen LogP contribution >= 0.6 is 0 Å². The molecule has 2 rings (SSSR count). The van der Waals surface area contributed by atoms with Gasteiger partial charge in [0.15, 0.2) is 0 Å². The Balaban J connectivity index is 1.99. The number of carbonyl (C=O) groups excluding carboxylic acids is 1. The number of phenols is 1. The van der Waals surface area contributed by atoms with Gasteiger partial charge in [0.2, 0.25) is 0 Å². The van der Waals surface area contributed by atoms with Crippen LogP contribution in [0.15, 0.2) is 18.2 Å². The smallest absolute Gasteiger partial charge is 0.255 e. The molecule has 1 aliphatic rings. The first kappa shape index (κ1) is 10.9. The van der Waals surface area contributed by atoms with Crippen molar-refractivity contribution in [3.8, 4) is 5.75 Å². The van der Waals surface area contributed by atoms with Crippen molar-refractivity contribution in [3.63, 3.8) is 0 Å². The molecule has 1 amide bonds. The Morgan fingerprint density at radius 3 is 2.88 bits per heavy atom. The van der Waals surface area contributed by atoms with Gasteiger partial charge in [0.05, 0.1) is 5.56 Å². The molecule has 0 unspecified atom stereocenters. The zero-order valence-corrected chi connectivity index (χ0v) is 8.87. The van der Waals surface area contributed by atoms with Crippen molar-refractivity contribution in [1.82, 2.24) is 5.32 Å². The molecule has 86 valence electrons. The van der Waals surface area contributed by atoms with Gasteiger partial charge in [0.25, 0.3) is 5.91 Å². The summed E-state index contributed by atoms with van der Waals surface area (Å²) in [7, 11) is 0. The standard InChI is InChI=1S/C12H14FNO2/c13-9-4-5-11(15)10(6-9)12(16)14-7-8-2-1-3-8/h4-6,8,15H,1-3,7H2,(H,14,16). The van der Waals surface area contributed by atoms with Gasteiger partial charge in [0.1, 0.15) is 11.6 Å². The molecule has 1 aromatic carbocycles. The molecule has 0 radical (unpaired) electrons. The third-order valence-electron chi connectivity index (χ3n) is 2.98. The molecule has 1 aliphatic carbocycles. The van der Waals surface area contributed by atoms with Crippen molar-refractivity contribution in [1.29, 1.82) is 0 Å². The minimum absolute atomic E-state index is 0.000626. The summed E-state index contributed by atoms with van der Waals surface area (Å²) in [5, 5.41) is 12.1. The van der Waals surface area contributed by atoms with Crippen molar-refractivity contribution >= 4 is 5.91 Å². The van der Waals surface area contributed by atoms with E-state index in [4.69, 9.17) is 0 Å². The highest BCUT2D eigenvalue weighted by Crippen LogP contribution is 2.25. The molecule has 0 bridgehead atoms. The van der Waals surface area contributed by atoms with Crippen LogP contribution in [0.4, 0.5) is 4.39 Å². The van der Waals surface area contributed by atoms with Crippen molar-refractivity contribution in [2.24, 2.45) is 5.92 Å². The summed E-state index contributed by atoms with van der Waals surface area (Å²) in [5.41, 5.74) is -0.000626. The highest BCUT2D eigenvalue weighted by atomic mass is 19.1. The number of halogens is 1. The molecule has 3 nitrogen and oxygen atoms in total. The summed E-state index contributed by atoms with van der Waals surface area (Å²) in [5.74, 6) is -0.581. The maximum Gasteiger partial charge on any atom is 0.255 e. The Bertz CT molecular complexity index is 402. The summed E-state index contributed by atoms with van der Waals surface area (Å²) in [4.78, 5) is 11.6. The Morgan fingerprint density at radius 1 is 1.50 bits per heavy atom. The number of hydrogen-bond acceptors (Lipinski definition) is 2. The first-order chi connectivity index (χ1) is 7.66. The number of benzene rings is 1. The SMILES string of the molecule is O=C(NCC1CCC1)c1cc(F)ccc1O. The van der Waals surface area contributed by atoms with E-state index in [0.717, 1.165) is 25.0 Å². The summed E-state index contributed by atoms with van der Waals surface area (Å²) >= 11 is 0. The molecule has 1 fully saturated rings. The van der Waals surface area contributed by atoms with Gasteiger partial charge in [-0.05, 0) is 37.0 Å². The van der Waals surface area contributed by atoms with E-state index in [9.17, 15) is 14.3 Å². The van der Waals surface area contributed by atoms with Gasteiger partial charge in [-0.15, -0.1) is 0 Å². The maximum atomic E-state index is 12.9. The van der Waals surface area contributed by atoms with Crippen LogP contribution in [0.25, 0.3) is 0 Å². The van der Waals surface area contributed by atoms with Crippen molar-refractivity contribution in [2.75, 3.05) is 6.54 Å². The molecule has 2 N–H and O–H groups in total. The van der Waals surface area contributed by atoms with Crippen LogP contribution in [0.1, 0.15) is 29.6 Å². The number of amides is 1. The molecule has 0 heterocycles. The van der Waals surface area contributed by atoms with Crippen LogP contribution in [0.3, 0.4) is 0 Å². The normalized spacial score (nSPS) is 15.6. The largest absolute Gasteiger partial charge is 0.507 e. The highest BCUT2D eigenvalue weighted by Gasteiger charge is 2.19. The third kappa shape index (κ3) is 2.32. The average Bonchev–Trinajstić information content (AvgIpc) is 2.19. The number of nitrogens with one attached hydrogen (secondary N) is 1. The molecule has 1 saturated carbocycles. The molecule has 0 aliphatic heterocycles. The predicted octanol–water partition coefficient (Wildman–Crippen LogP) is 2.06. The molecule has 0 aromatic heterocycles. The minimum Gasteiger partial charge on any atom is -0.507 e. The Hall–Kier alpha value is -1.58. The summed E-state index contributed by atoms with van der Waals surface area (Å²) in [6.45, 7) is 0.606. The van der Waals surface area contributed by atoms with Crippen LogP contribution in [0.5, 0.6) is 5.75 Å². The first-order valence-electron chi connectivity index (χ1n) is 5.43. The zero-order chi connectivity index (χ0) is 11.5. The zero-order valence-electron chi connectivity index (χ0n) is 8.87. The number of carbonyl (C=O) groups is 1. The van der Waals surface area contributed by atoms with Crippen LogP contribution < -0.4 is 5.32 Å². The Kier molecular flexibility index (Phi) is 3.08. The summed E-state index contributed by atoms with van der Waals surface area (Å²) in [6, 6.07) is 3.36. The topological polar surface area (TPSA) is 49.3 Å². The fourth-order valence-electron chi connectivity index (χ4n) is 1.72. The van der Waals surface area contributed by atoms with Gasteiger partial charge < -0.3 is 10.4 Å². The van der Waals surface area contributed by atoms with Crippen LogP contribution in [-0.2, 0) is 0 Å². The van der Waals surface area contributed by atoms with Crippen molar-refractivity contribution in [3.05, 3.63) is 29.6 Å². The number of aromatic hydroxyl groups is 1. The van der Waals surface area contributed by atoms with E-state index >= 15 is 0 Å². The second-order valence-electron chi connectivity index (χ2n) is 4.17. The lowest BCUT2D eigenvalue weighted by Gasteiger charge is -2.25. The lowest BCUT2D eigenvalue weighted by Crippen LogP contribution is -2.32. The predicted molar refractivity (Wildman–Crippen MR) is 57.7 cm³/mol. The van der Waals surface area contributed by atoms with Gasteiger partial charge in [-0.2, -0.15) is 0 Å². The van der Waals surface area contributed by atoms with Crippen LogP contribution in [-0.4, -0.2) is 17.6 Å². The molecule has 16 heavy (non-hydrogen) atoms. The molecular weight excluding hydrogens is 209 g/mol. The molecule has 0 saturated heterocycles. The first-order valence-corrected chi connectivity index (χ1v) is 5.43. The second-order valence-corrected chi connectivity index (χ2v) is 4.17. The van der Waals surface area contributed by atoms with E-state index in [0.29, 0.717) is 12.5 Å². The second kappa shape index (κ2) is 4.51. The summed E-state index contributed by atoms with van der Waals surface area (Å²) in [6.07, 6.45) is 3.48. The lowest BCUT2D eigenvalue weighted by molar-refractivity contribution is 0.0936.